The molecule has 80 valence electrons. The minimum absolute atomic E-state index is 0.116. The van der Waals surface area contributed by atoms with Crippen LogP contribution < -0.4 is 4.46 Å². The molecular formula is C14H12OSe. The zero-order valence-corrected chi connectivity index (χ0v) is 10.7. The first-order valence-electron chi connectivity index (χ1n) is 5.09. The van der Waals surface area contributed by atoms with E-state index in [1.165, 1.54) is 5.56 Å². The number of benzene rings is 2. The molecule has 1 nitrogen and oxygen atoms in total. The van der Waals surface area contributed by atoms with Crippen LogP contribution >= 0.6 is 0 Å². The van der Waals surface area contributed by atoms with Gasteiger partial charge in [-0.3, -0.25) is 0 Å². The van der Waals surface area contributed by atoms with Gasteiger partial charge in [-0.05, 0) is 0 Å². The monoisotopic (exact) mass is 276 g/mol. The Morgan fingerprint density at radius 3 is 2.19 bits per heavy atom. The number of rotatable bonds is 3. The summed E-state index contributed by atoms with van der Waals surface area (Å²) in [6, 6.07) is 17.7. The van der Waals surface area contributed by atoms with E-state index < -0.39 is 0 Å². The molecular weight excluding hydrogens is 263 g/mol. The van der Waals surface area contributed by atoms with E-state index in [9.17, 15) is 4.79 Å². The summed E-state index contributed by atoms with van der Waals surface area (Å²) in [6.07, 6.45) is 0. The number of hydrogen-bond acceptors (Lipinski definition) is 1. The van der Waals surface area contributed by atoms with Crippen molar-refractivity contribution in [3.63, 3.8) is 0 Å². The molecule has 2 aromatic rings. The maximum absolute atomic E-state index is 11.9. The normalized spacial score (nSPS) is 10.1. The standard InChI is InChI=1S/C14H12OSe/c1-11-7-9-13(10-8-11)16-14(15)12-5-3-2-4-6-12/h2-10H,1H3. The summed E-state index contributed by atoms with van der Waals surface area (Å²) in [5.74, 6) is 0. The van der Waals surface area contributed by atoms with Gasteiger partial charge in [0.05, 0.1) is 0 Å². The molecule has 0 saturated heterocycles. The molecule has 0 fully saturated rings. The topological polar surface area (TPSA) is 17.1 Å². The van der Waals surface area contributed by atoms with Crippen molar-refractivity contribution in [1.82, 2.24) is 0 Å². The first-order valence-corrected chi connectivity index (χ1v) is 6.81. The minimum atomic E-state index is -0.116. The van der Waals surface area contributed by atoms with E-state index in [1.54, 1.807) is 0 Å². The molecule has 2 aromatic carbocycles. The Bertz CT molecular complexity index is 474. The van der Waals surface area contributed by atoms with E-state index in [4.69, 9.17) is 0 Å². The van der Waals surface area contributed by atoms with Gasteiger partial charge >= 0.3 is 102 Å². The molecule has 0 atom stereocenters. The molecule has 0 unspecified atom stereocenters. The van der Waals surface area contributed by atoms with Crippen LogP contribution in [0.5, 0.6) is 0 Å². The van der Waals surface area contributed by atoms with Gasteiger partial charge in [0.1, 0.15) is 0 Å². The third-order valence-corrected chi connectivity index (χ3v) is 4.19. The van der Waals surface area contributed by atoms with Crippen molar-refractivity contribution in [3.05, 3.63) is 65.7 Å². The molecule has 0 aliphatic heterocycles. The Morgan fingerprint density at radius 1 is 0.938 bits per heavy atom. The van der Waals surface area contributed by atoms with Crippen molar-refractivity contribution in [3.8, 4) is 0 Å². The fourth-order valence-electron chi connectivity index (χ4n) is 1.35. The Kier molecular flexibility index (Phi) is 3.55. The van der Waals surface area contributed by atoms with Gasteiger partial charge in [-0.2, -0.15) is 0 Å². The van der Waals surface area contributed by atoms with Crippen molar-refractivity contribution < 1.29 is 4.79 Å². The van der Waals surface area contributed by atoms with E-state index in [1.807, 2.05) is 42.5 Å². The zero-order chi connectivity index (χ0) is 11.4. The number of hydrogen-bond donors (Lipinski definition) is 0. The van der Waals surface area contributed by atoms with Crippen LogP contribution in [0, 0.1) is 6.92 Å². The first-order chi connectivity index (χ1) is 7.75. The fraction of sp³-hybridized carbons (Fsp3) is 0.0714. The van der Waals surface area contributed by atoms with Crippen molar-refractivity contribution in [2.45, 2.75) is 6.92 Å². The molecule has 16 heavy (non-hydrogen) atoms. The van der Waals surface area contributed by atoms with Crippen LogP contribution in [0.25, 0.3) is 0 Å². The molecule has 0 heterocycles. The van der Waals surface area contributed by atoms with Gasteiger partial charge in [-0.15, -0.1) is 0 Å². The van der Waals surface area contributed by atoms with Gasteiger partial charge in [0.15, 0.2) is 0 Å². The summed E-state index contributed by atoms with van der Waals surface area (Å²) in [4.78, 5) is 11.9. The summed E-state index contributed by atoms with van der Waals surface area (Å²) in [5, 5.41) is 0. The van der Waals surface area contributed by atoms with Gasteiger partial charge in [-0.1, -0.05) is 0 Å². The molecule has 0 aliphatic carbocycles. The van der Waals surface area contributed by atoms with E-state index in [0.29, 0.717) is 0 Å². The summed E-state index contributed by atoms with van der Waals surface area (Å²) in [6.45, 7) is 2.05. The summed E-state index contributed by atoms with van der Waals surface area (Å²) in [7, 11) is 0. The maximum atomic E-state index is 11.9. The molecule has 2 rings (SSSR count). The van der Waals surface area contributed by atoms with E-state index in [0.717, 1.165) is 10.0 Å². The third-order valence-electron chi connectivity index (χ3n) is 2.24. The third kappa shape index (κ3) is 2.82. The molecule has 0 N–H and O–H groups in total. The van der Waals surface area contributed by atoms with Crippen LogP contribution in [-0.4, -0.2) is 19.6 Å². The first kappa shape index (κ1) is 11.1. The average molecular weight is 275 g/mol. The fourth-order valence-corrected chi connectivity index (χ4v) is 2.90. The Morgan fingerprint density at radius 2 is 1.56 bits per heavy atom. The van der Waals surface area contributed by atoms with Crippen LogP contribution in [0.15, 0.2) is 54.6 Å². The molecule has 0 spiro atoms. The van der Waals surface area contributed by atoms with E-state index in [-0.39, 0.29) is 19.6 Å². The van der Waals surface area contributed by atoms with Gasteiger partial charge in [0.25, 0.3) is 0 Å². The molecule has 0 aliphatic rings. The second-order valence-electron chi connectivity index (χ2n) is 3.57. The van der Waals surface area contributed by atoms with E-state index >= 15 is 0 Å². The second kappa shape index (κ2) is 5.11. The van der Waals surface area contributed by atoms with Gasteiger partial charge < -0.3 is 0 Å². The molecule has 0 amide bonds. The zero-order valence-electron chi connectivity index (χ0n) is 9.01. The summed E-state index contributed by atoms with van der Waals surface area (Å²) >= 11 is -0.116. The average Bonchev–Trinajstić information content (AvgIpc) is 2.33. The van der Waals surface area contributed by atoms with Crippen molar-refractivity contribution in [2.24, 2.45) is 0 Å². The molecule has 0 saturated carbocycles. The van der Waals surface area contributed by atoms with Crippen LogP contribution in [0.4, 0.5) is 0 Å². The molecule has 0 bridgehead atoms. The predicted molar refractivity (Wildman–Crippen MR) is 67.3 cm³/mol. The van der Waals surface area contributed by atoms with Crippen molar-refractivity contribution >= 4 is 24.1 Å². The van der Waals surface area contributed by atoms with Crippen molar-refractivity contribution in [2.75, 3.05) is 0 Å². The van der Waals surface area contributed by atoms with Gasteiger partial charge in [0, 0.05) is 0 Å². The number of aryl methyl sites for hydroxylation is 1. The predicted octanol–water partition coefficient (Wildman–Crippen LogP) is 2.16. The number of carbonyl (C=O) groups is 1. The van der Waals surface area contributed by atoms with Crippen LogP contribution in [0.3, 0.4) is 0 Å². The Labute approximate surface area is 102 Å². The van der Waals surface area contributed by atoms with Crippen LogP contribution in [0.1, 0.15) is 15.9 Å². The van der Waals surface area contributed by atoms with E-state index in [2.05, 4.69) is 19.1 Å². The number of carbonyl (C=O) groups excluding carboxylic acids is 1. The summed E-state index contributed by atoms with van der Waals surface area (Å²) in [5.41, 5.74) is 2.04. The quantitative estimate of drug-likeness (QED) is 0.785. The Balaban J connectivity index is 2.11. The Hall–Kier alpha value is -1.37. The molecule has 0 radical (unpaired) electrons. The van der Waals surface area contributed by atoms with Crippen LogP contribution in [0.2, 0.25) is 0 Å². The SMILES string of the molecule is Cc1ccc([Se]C(=O)c2ccccc2)cc1. The summed E-state index contributed by atoms with van der Waals surface area (Å²) < 4.78 is 1.36. The van der Waals surface area contributed by atoms with Gasteiger partial charge in [-0.25, -0.2) is 0 Å². The van der Waals surface area contributed by atoms with Crippen molar-refractivity contribution in [1.29, 1.82) is 0 Å². The second-order valence-corrected chi connectivity index (χ2v) is 5.76. The molecule has 2 heteroatoms. The van der Waals surface area contributed by atoms with Crippen LogP contribution in [-0.2, 0) is 0 Å². The van der Waals surface area contributed by atoms with Gasteiger partial charge in [0.2, 0.25) is 0 Å². The molecule has 0 aromatic heterocycles.